The molecule has 21 heavy (non-hydrogen) atoms. The summed E-state index contributed by atoms with van der Waals surface area (Å²) in [5, 5.41) is 2.88. The summed E-state index contributed by atoms with van der Waals surface area (Å²) < 4.78 is 10.4. The number of rotatable bonds is 4. The Bertz CT molecular complexity index is 412. The molecule has 7 heteroatoms. The van der Waals surface area contributed by atoms with Crippen LogP contribution in [0.1, 0.15) is 34.6 Å². The van der Waals surface area contributed by atoms with Crippen LogP contribution in [0.5, 0.6) is 0 Å². The Morgan fingerprint density at radius 2 is 1.67 bits per heavy atom. The Labute approximate surface area is 129 Å². The van der Waals surface area contributed by atoms with Crippen molar-refractivity contribution >= 4 is 29.6 Å². The molecule has 1 aliphatic rings. The zero-order valence-corrected chi connectivity index (χ0v) is 13.9. The van der Waals surface area contributed by atoms with Gasteiger partial charge < -0.3 is 14.8 Å². The van der Waals surface area contributed by atoms with E-state index in [4.69, 9.17) is 9.47 Å². The molecule has 0 aromatic heterocycles. The number of amides is 1. The van der Waals surface area contributed by atoms with Gasteiger partial charge in [-0.25, -0.2) is 0 Å². The van der Waals surface area contributed by atoms with Crippen LogP contribution in [-0.4, -0.2) is 41.2 Å². The first-order valence-electron chi connectivity index (χ1n) is 6.95. The van der Waals surface area contributed by atoms with Crippen LogP contribution in [-0.2, 0) is 23.9 Å². The van der Waals surface area contributed by atoms with Crippen LogP contribution in [0, 0.1) is 11.8 Å². The molecule has 1 heterocycles. The van der Waals surface area contributed by atoms with Crippen molar-refractivity contribution in [1.82, 2.24) is 5.32 Å². The van der Waals surface area contributed by atoms with E-state index in [1.165, 1.54) is 32.5 Å². The van der Waals surface area contributed by atoms with Crippen LogP contribution in [0.4, 0.5) is 0 Å². The van der Waals surface area contributed by atoms with Crippen LogP contribution in [0.15, 0.2) is 0 Å². The number of esters is 2. The van der Waals surface area contributed by atoms with Crippen molar-refractivity contribution < 1.29 is 23.9 Å². The molecule has 5 atom stereocenters. The highest BCUT2D eigenvalue weighted by Crippen LogP contribution is 2.40. The van der Waals surface area contributed by atoms with Crippen molar-refractivity contribution in [3.05, 3.63) is 0 Å². The second-order valence-electron chi connectivity index (χ2n) is 5.40. The smallest absolute Gasteiger partial charge is 0.303 e. The summed E-state index contributed by atoms with van der Waals surface area (Å²) >= 11 is 1.43. The lowest BCUT2D eigenvalue weighted by Crippen LogP contribution is -2.54. The molecule has 1 saturated heterocycles. The highest BCUT2D eigenvalue weighted by molar-refractivity contribution is 8.00. The highest BCUT2D eigenvalue weighted by atomic mass is 32.2. The summed E-state index contributed by atoms with van der Waals surface area (Å²) in [4.78, 5) is 33.6. The first kappa shape index (κ1) is 17.8. The van der Waals surface area contributed by atoms with Crippen LogP contribution in [0.3, 0.4) is 0 Å². The van der Waals surface area contributed by atoms with Crippen LogP contribution < -0.4 is 5.32 Å². The van der Waals surface area contributed by atoms with Gasteiger partial charge in [0.15, 0.2) is 5.44 Å². The zero-order valence-electron chi connectivity index (χ0n) is 13.0. The molecule has 1 aliphatic heterocycles. The van der Waals surface area contributed by atoms with E-state index >= 15 is 0 Å². The average Bonchev–Trinajstić information content (AvgIpc) is 2.35. The topological polar surface area (TPSA) is 81.7 Å². The maximum Gasteiger partial charge on any atom is 0.303 e. The Morgan fingerprint density at radius 1 is 1.05 bits per heavy atom. The van der Waals surface area contributed by atoms with E-state index in [9.17, 15) is 14.4 Å². The molecular formula is C14H23NO5S. The number of thioether (sulfide) groups is 1. The van der Waals surface area contributed by atoms with Crippen molar-refractivity contribution in [3.63, 3.8) is 0 Å². The number of hydrogen-bond acceptors (Lipinski definition) is 6. The standard InChI is InChI=1S/C14H23NO5S/c1-7-8(2)13(15-9(3)16)14(20-11(5)18)21-12(7)6-19-10(4)17/h7-8,12-14H,6H2,1-5H3,(H,15,16). The lowest BCUT2D eigenvalue weighted by Gasteiger charge is -2.43. The molecule has 0 saturated carbocycles. The largest absolute Gasteiger partial charge is 0.465 e. The van der Waals surface area contributed by atoms with E-state index in [2.05, 4.69) is 5.32 Å². The van der Waals surface area contributed by atoms with Gasteiger partial charge in [-0.3, -0.25) is 14.4 Å². The SMILES string of the molecule is CC(=O)NC1C(OC(C)=O)SC(COC(C)=O)C(C)C1C. The summed E-state index contributed by atoms with van der Waals surface area (Å²) in [6, 6.07) is -0.250. The molecule has 0 radical (unpaired) electrons. The molecule has 5 unspecified atom stereocenters. The normalized spacial score (nSPS) is 32.1. The number of ether oxygens (including phenoxy) is 2. The predicted molar refractivity (Wildman–Crippen MR) is 79.5 cm³/mol. The van der Waals surface area contributed by atoms with E-state index in [1.807, 2.05) is 13.8 Å². The minimum absolute atomic E-state index is 0.0262. The van der Waals surface area contributed by atoms with Crippen LogP contribution in [0.25, 0.3) is 0 Å². The van der Waals surface area contributed by atoms with Crippen molar-refractivity contribution in [3.8, 4) is 0 Å². The molecule has 0 spiro atoms. The van der Waals surface area contributed by atoms with E-state index in [0.29, 0.717) is 0 Å². The molecule has 1 N–H and O–H groups in total. The van der Waals surface area contributed by atoms with Gasteiger partial charge in [0, 0.05) is 26.0 Å². The summed E-state index contributed by atoms with van der Waals surface area (Å²) in [7, 11) is 0. The molecule has 0 bridgehead atoms. The van der Waals surface area contributed by atoms with Gasteiger partial charge in [-0.1, -0.05) is 13.8 Å². The third kappa shape index (κ3) is 5.22. The van der Waals surface area contributed by atoms with Gasteiger partial charge in [0.2, 0.25) is 5.91 Å². The van der Waals surface area contributed by atoms with E-state index in [0.717, 1.165) is 0 Å². The Kier molecular flexibility index (Phi) is 6.51. The molecule has 1 fully saturated rings. The molecule has 120 valence electrons. The molecular weight excluding hydrogens is 294 g/mol. The zero-order chi connectivity index (χ0) is 16.2. The minimum Gasteiger partial charge on any atom is -0.465 e. The molecule has 6 nitrogen and oxygen atoms in total. The van der Waals surface area contributed by atoms with Gasteiger partial charge in [0.05, 0.1) is 6.04 Å². The maximum atomic E-state index is 11.4. The van der Waals surface area contributed by atoms with Gasteiger partial charge in [-0.2, -0.15) is 0 Å². The minimum atomic E-state index is -0.474. The Balaban J connectivity index is 2.84. The quantitative estimate of drug-likeness (QED) is 0.788. The van der Waals surface area contributed by atoms with Gasteiger partial charge in [0.1, 0.15) is 6.61 Å². The number of nitrogens with one attached hydrogen (secondary N) is 1. The first-order chi connectivity index (χ1) is 9.72. The number of carbonyl (C=O) groups is 3. The third-order valence-electron chi connectivity index (χ3n) is 3.69. The molecule has 1 amide bonds. The van der Waals surface area contributed by atoms with Crippen molar-refractivity contribution in [1.29, 1.82) is 0 Å². The summed E-state index contributed by atoms with van der Waals surface area (Å²) in [6.07, 6.45) is 0. The van der Waals surface area contributed by atoms with Crippen LogP contribution in [0.2, 0.25) is 0 Å². The van der Waals surface area contributed by atoms with Crippen molar-refractivity contribution in [2.75, 3.05) is 6.61 Å². The lowest BCUT2D eigenvalue weighted by molar-refractivity contribution is -0.146. The molecule has 0 aliphatic carbocycles. The highest BCUT2D eigenvalue weighted by Gasteiger charge is 2.43. The average molecular weight is 317 g/mol. The second kappa shape index (κ2) is 7.68. The Hall–Kier alpha value is -1.24. The second-order valence-corrected chi connectivity index (χ2v) is 6.74. The number of hydrogen-bond donors (Lipinski definition) is 1. The van der Waals surface area contributed by atoms with Crippen molar-refractivity contribution in [2.45, 2.75) is 51.3 Å². The summed E-state index contributed by atoms with van der Waals surface area (Å²) in [6.45, 7) is 8.47. The predicted octanol–water partition coefficient (Wildman–Crippen LogP) is 1.33. The lowest BCUT2D eigenvalue weighted by atomic mass is 9.86. The van der Waals surface area contributed by atoms with Gasteiger partial charge in [-0.05, 0) is 11.8 Å². The Morgan fingerprint density at radius 3 is 2.14 bits per heavy atom. The third-order valence-corrected chi connectivity index (χ3v) is 5.26. The molecule has 0 aromatic carbocycles. The summed E-state index contributed by atoms with van der Waals surface area (Å²) in [5.74, 6) is -0.576. The van der Waals surface area contributed by atoms with Crippen LogP contribution >= 0.6 is 11.8 Å². The number of carbonyl (C=O) groups excluding carboxylic acids is 3. The fourth-order valence-electron chi connectivity index (χ4n) is 2.38. The fraction of sp³-hybridized carbons (Fsp3) is 0.786. The molecule has 1 rings (SSSR count). The van der Waals surface area contributed by atoms with Gasteiger partial charge in [-0.15, -0.1) is 11.8 Å². The first-order valence-corrected chi connectivity index (χ1v) is 7.89. The maximum absolute atomic E-state index is 11.4. The molecule has 0 aromatic rings. The van der Waals surface area contributed by atoms with E-state index in [-0.39, 0.29) is 41.6 Å². The van der Waals surface area contributed by atoms with Gasteiger partial charge in [0.25, 0.3) is 0 Å². The fourth-order valence-corrected chi connectivity index (χ4v) is 4.05. The summed E-state index contributed by atoms with van der Waals surface area (Å²) in [5.41, 5.74) is -0.474. The van der Waals surface area contributed by atoms with E-state index in [1.54, 1.807) is 0 Å². The van der Waals surface area contributed by atoms with E-state index < -0.39 is 11.4 Å². The monoisotopic (exact) mass is 317 g/mol. The van der Waals surface area contributed by atoms with Crippen molar-refractivity contribution in [2.24, 2.45) is 11.8 Å². The van der Waals surface area contributed by atoms with Gasteiger partial charge >= 0.3 is 11.9 Å².